The Morgan fingerprint density at radius 3 is 2.35 bits per heavy atom. The standard InChI is InChI=1S/C15H22O2/c1-10(2)15(17)8-7-14(4,16)12-6-5-11(3)9-13(12)15/h5-6,9-10,16-17H,7-8H2,1-4H3/t14-,15+/m0/s1. The fourth-order valence-corrected chi connectivity index (χ4v) is 2.79. The van der Waals surface area contributed by atoms with Gasteiger partial charge >= 0.3 is 0 Å². The smallest absolute Gasteiger partial charge is 0.0924 e. The minimum Gasteiger partial charge on any atom is -0.385 e. The number of benzene rings is 1. The van der Waals surface area contributed by atoms with Gasteiger partial charge in [0.2, 0.25) is 0 Å². The van der Waals surface area contributed by atoms with Crippen LogP contribution in [0.5, 0.6) is 0 Å². The third kappa shape index (κ3) is 1.90. The van der Waals surface area contributed by atoms with Crippen LogP contribution in [0.1, 0.15) is 50.3 Å². The lowest BCUT2D eigenvalue weighted by molar-refractivity contribution is -0.0696. The fraction of sp³-hybridized carbons (Fsp3) is 0.600. The van der Waals surface area contributed by atoms with Gasteiger partial charge in [-0.3, -0.25) is 0 Å². The quantitative estimate of drug-likeness (QED) is 0.784. The third-order valence-electron chi connectivity index (χ3n) is 4.17. The highest BCUT2D eigenvalue weighted by Crippen LogP contribution is 2.47. The van der Waals surface area contributed by atoms with Gasteiger partial charge in [-0.2, -0.15) is 0 Å². The summed E-state index contributed by atoms with van der Waals surface area (Å²) in [5, 5.41) is 21.3. The second kappa shape index (κ2) is 3.82. The van der Waals surface area contributed by atoms with E-state index in [9.17, 15) is 10.2 Å². The maximum Gasteiger partial charge on any atom is 0.0924 e. The second-order valence-corrected chi connectivity index (χ2v) is 5.90. The molecule has 2 N–H and O–H groups in total. The molecule has 94 valence electrons. The van der Waals surface area contributed by atoms with E-state index < -0.39 is 11.2 Å². The highest BCUT2D eigenvalue weighted by atomic mass is 16.3. The molecule has 0 amide bonds. The molecule has 17 heavy (non-hydrogen) atoms. The van der Waals surface area contributed by atoms with Crippen LogP contribution in [0.2, 0.25) is 0 Å². The van der Waals surface area contributed by atoms with E-state index in [1.807, 2.05) is 45.9 Å². The molecular weight excluding hydrogens is 212 g/mol. The summed E-state index contributed by atoms with van der Waals surface area (Å²) in [5.74, 6) is 0.152. The van der Waals surface area contributed by atoms with Gasteiger partial charge in [0.05, 0.1) is 11.2 Å². The van der Waals surface area contributed by atoms with E-state index >= 15 is 0 Å². The Hall–Kier alpha value is -0.860. The maximum atomic E-state index is 10.8. The lowest BCUT2D eigenvalue weighted by atomic mass is 9.67. The molecule has 2 nitrogen and oxygen atoms in total. The molecule has 0 heterocycles. The van der Waals surface area contributed by atoms with Crippen molar-refractivity contribution < 1.29 is 10.2 Å². The first-order valence-corrected chi connectivity index (χ1v) is 6.34. The molecule has 1 aromatic carbocycles. The minimum absolute atomic E-state index is 0.152. The van der Waals surface area contributed by atoms with E-state index in [1.165, 1.54) is 0 Å². The predicted octanol–water partition coefficient (Wildman–Crippen LogP) is 2.84. The summed E-state index contributed by atoms with van der Waals surface area (Å²) in [7, 11) is 0. The van der Waals surface area contributed by atoms with Crippen molar-refractivity contribution in [2.45, 2.75) is 51.7 Å². The Morgan fingerprint density at radius 2 is 1.76 bits per heavy atom. The zero-order valence-electron chi connectivity index (χ0n) is 11.1. The highest BCUT2D eigenvalue weighted by Gasteiger charge is 2.44. The summed E-state index contributed by atoms with van der Waals surface area (Å²) in [4.78, 5) is 0. The van der Waals surface area contributed by atoms with E-state index in [0.717, 1.165) is 16.7 Å². The van der Waals surface area contributed by atoms with Gasteiger partial charge in [-0.1, -0.05) is 37.6 Å². The van der Waals surface area contributed by atoms with Gasteiger partial charge in [-0.25, -0.2) is 0 Å². The van der Waals surface area contributed by atoms with Crippen LogP contribution >= 0.6 is 0 Å². The van der Waals surface area contributed by atoms with Crippen LogP contribution in [0.3, 0.4) is 0 Å². The topological polar surface area (TPSA) is 40.5 Å². The minimum atomic E-state index is -0.815. The van der Waals surface area contributed by atoms with Gasteiger partial charge < -0.3 is 10.2 Å². The Kier molecular flexibility index (Phi) is 2.83. The van der Waals surface area contributed by atoms with Crippen molar-refractivity contribution in [3.63, 3.8) is 0 Å². The first-order valence-electron chi connectivity index (χ1n) is 6.34. The molecule has 1 aliphatic carbocycles. The third-order valence-corrected chi connectivity index (χ3v) is 4.17. The molecule has 0 saturated carbocycles. The molecule has 0 saturated heterocycles. The summed E-state index contributed by atoms with van der Waals surface area (Å²) in [6.45, 7) is 7.92. The summed E-state index contributed by atoms with van der Waals surface area (Å²) in [5.41, 5.74) is 1.29. The first kappa shape index (κ1) is 12.6. The zero-order chi connectivity index (χ0) is 12.8. The van der Waals surface area contributed by atoms with Gasteiger partial charge in [0.25, 0.3) is 0 Å². The molecule has 2 rings (SSSR count). The number of aryl methyl sites for hydroxylation is 1. The Morgan fingerprint density at radius 1 is 1.12 bits per heavy atom. The van der Waals surface area contributed by atoms with Crippen LogP contribution in [-0.2, 0) is 11.2 Å². The first-order chi connectivity index (χ1) is 7.77. The van der Waals surface area contributed by atoms with Gasteiger partial charge in [0.1, 0.15) is 0 Å². The van der Waals surface area contributed by atoms with E-state index in [0.29, 0.717) is 12.8 Å². The van der Waals surface area contributed by atoms with Crippen molar-refractivity contribution in [2.75, 3.05) is 0 Å². The molecule has 0 bridgehead atoms. The van der Waals surface area contributed by atoms with E-state index in [1.54, 1.807) is 0 Å². The van der Waals surface area contributed by atoms with Gasteiger partial charge in [0, 0.05) is 0 Å². The summed E-state index contributed by atoms with van der Waals surface area (Å²) < 4.78 is 0. The normalized spacial score (nSPS) is 32.6. The molecule has 0 unspecified atom stereocenters. The van der Waals surface area contributed by atoms with Crippen molar-refractivity contribution in [2.24, 2.45) is 5.92 Å². The maximum absolute atomic E-state index is 10.8. The van der Waals surface area contributed by atoms with Gasteiger partial charge in [-0.05, 0) is 43.7 Å². The molecule has 0 spiro atoms. The average molecular weight is 234 g/mol. The predicted molar refractivity (Wildman–Crippen MR) is 68.7 cm³/mol. The fourth-order valence-electron chi connectivity index (χ4n) is 2.79. The Labute approximate surface area is 103 Å². The number of hydrogen-bond acceptors (Lipinski definition) is 2. The molecule has 0 fully saturated rings. The lowest BCUT2D eigenvalue weighted by Crippen LogP contribution is -2.42. The SMILES string of the molecule is Cc1ccc2c(c1)[C@](O)(C(C)C)CC[C@]2(C)O. The molecule has 0 aliphatic heterocycles. The van der Waals surface area contributed by atoms with Crippen molar-refractivity contribution in [1.29, 1.82) is 0 Å². The highest BCUT2D eigenvalue weighted by molar-refractivity contribution is 5.41. The molecule has 0 aromatic heterocycles. The van der Waals surface area contributed by atoms with E-state index in [-0.39, 0.29) is 5.92 Å². The van der Waals surface area contributed by atoms with Crippen molar-refractivity contribution in [3.8, 4) is 0 Å². The molecule has 2 heteroatoms. The number of rotatable bonds is 1. The Bertz CT molecular complexity index is 435. The monoisotopic (exact) mass is 234 g/mol. The summed E-state index contributed by atoms with van der Waals surface area (Å²) in [6, 6.07) is 5.97. The van der Waals surface area contributed by atoms with Crippen molar-refractivity contribution in [1.82, 2.24) is 0 Å². The number of fused-ring (bicyclic) bond motifs is 1. The lowest BCUT2D eigenvalue weighted by Gasteiger charge is -2.43. The summed E-state index contributed by atoms with van der Waals surface area (Å²) >= 11 is 0. The number of aliphatic hydroxyl groups is 2. The average Bonchev–Trinajstić information content (AvgIpc) is 2.24. The van der Waals surface area contributed by atoms with Crippen LogP contribution in [-0.4, -0.2) is 10.2 Å². The van der Waals surface area contributed by atoms with Crippen LogP contribution in [0.15, 0.2) is 18.2 Å². The molecule has 0 radical (unpaired) electrons. The molecule has 1 aromatic rings. The van der Waals surface area contributed by atoms with Crippen LogP contribution in [0.4, 0.5) is 0 Å². The van der Waals surface area contributed by atoms with E-state index in [4.69, 9.17) is 0 Å². The molecule has 1 aliphatic rings. The van der Waals surface area contributed by atoms with E-state index in [2.05, 4.69) is 0 Å². The summed E-state index contributed by atoms with van der Waals surface area (Å²) in [6.07, 6.45) is 1.23. The Balaban J connectivity index is 2.65. The molecular formula is C15H22O2. The second-order valence-electron chi connectivity index (χ2n) is 5.90. The van der Waals surface area contributed by atoms with Crippen LogP contribution < -0.4 is 0 Å². The van der Waals surface area contributed by atoms with Gasteiger partial charge in [-0.15, -0.1) is 0 Å². The van der Waals surface area contributed by atoms with Crippen molar-refractivity contribution in [3.05, 3.63) is 34.9 Å². The number of hydrogen-bond donors (Lipinski definition) is 2. The molecule has 2 atom stereocenters. The largest absolute Gasteiger partial charge is 0.385 e. The van der Waals surface area contributed by atoms with Crippen molar-refractivity contribution >= 4 is 0 Å². The van der Waals surface area contributed by atoms with Crippen LogP contribution in [0.25, 0.3) is 0 Å². The van der Waals surface area contributed by atoms with Gasteiger partial charge in [0.15, 0.2) is 0 Å². The van der Waals surface area contributed by atoms with Crippen LogP contribution in [0, 0.1) is 12.8 Å². The zero-order valence-corrected chi connectivity index (χ0v) is 11.1.